The molecule has 1 heterocycles. The molecule has 1 aromatic rings. The van der Waals surface area contributed by atoms with Gasteiger partial charge in [0.25, 0.3) is 0 Å². The molecule has 0 bridgehead atoms. The van der Waals surface area contributed by atoms with Crippen LogP contribution in [0.3, 0.4) is 0 Å². The molecule has 0 aromatic heterocycles. The summed E-state index contributed by atoms with van der Waals surface area (Å²) in [5.41, 5.74) is 0.978. The van der Waals surface area contributed by atoms with E-state index in [9.17, 15) is 4.39 Å². The van der Waals surface area contributed by atoms with Gasteiger partial charge in [0, 0.05) is 37.8 Å². The Labute approximate surface area is 126 Å². The lowest BCUT2D eigenvalue weighted by Gasteiger charge is -2.35. The van der Waals surface area contributed by atoms with Gasteiger partial charge >= 0.3 is 0 Å². The van der Waals surface area contributed by atoms with Crippen LogP contribution in [0.15, 0.2) is 18.2 Å². The maximum Gasteiger partial charge on any atom is 0.165 e. The number of halogens is 2. The third-order valence-electron chi connectivity index (χ3n) is 3.72. The van der Waals surface area contributed by atoms with Gasteiger partial charge in [0.15, 0.2) is 11.6 Å². The van der Waals surface area contributed by atoms with Crippen molar-refractivity contribution < 1.29 is 9.13 Å². The first-order valence-corrected chi connectivity index (χ1v) is 7.05. The molecule has 114 valence electrons. The van der Waals surface area contributed by atoms with Gasteiger partial charge in [0.1, 0.15) is 0 Å². The molecule has 1 fully saturated rings. The summed E-state index contributed by atoms with van der Waals surface area (Å²) in [6.07, 6.45) is 2.11. The minimum Gasteiger partial charge on any atom is -0.493 e. The van der Waals surface area contributed by atoms with Crippen molar-refractivity contribution in [2.24, 2.45) is 0 Å². The first-order chi connectivity index (χ1) is 9.27. The molecule has 20 heavy (non-hydrogen) atoms. The number of rotatable bonds is 5. The number of nitrogens with one attached hydrogen (secondary N) is 1. The summed E-state index contributed by atoms with van der Waals surface area (Å²) in [4.78, 5) is 2.43. The zero-order chi connectivity index (χ0) is 13.7. The fourth-order valence-corrected chi connectivity index (χ4v) is 2.81. The maximum atomic E-state index is 13.9. The second kappa shape index (κ2) is 8.45. The van der Waals surface area contributed by atoms with Crippen LogP contribution < -0.4 is 10.1 Å². The van der Waals surface area contributed by atoms with Crippen LogP contribution in [-0.4, -0.2) is 38.2 Å². The normalized spacial score (nSPS) is 17.4. The third-order valence-corrected chi connectivity index (χ3v) is 3.72. The molecule has 0 spiro atoms. The average Bonchev–Trinajstić information content (AvgIpc) is 2.45. The van der Waals surface area contributed by atoms with E-state index in [0.717, 1.165) is 44.6 Å². The van der Waals surface area contributed by atoms with Crippen LogP contribution in [0.4, 0.5) is 4.39 Å². The summed E-state index contributed by atoms with van der Waals surface area (Å²) >= 11 is 0. The third kappa shape index (κ3) is 3.84. The van der Waals surface area contributed by atoms with Gasteiger partial charge < -0.3 is 10.1 Å². The molecule has 5 heteroatoms. The Balaban J connectivity index is 0.00000200. The number of hydrogen-bond donors (Lipinski definition) is 1. The lowest BCUT2D eigenvalue weighted by Crippen LogP contribution is -2.45. The van der Waals surface area contributed by atoms with Gasteiger partial charge in [0.2, 0.25) is 0 Å². The van der Waals surface area contributed by atoms with Crippen molar-refractivity contribution in [3.63, 3.8) is 0 Å². The summed E-state index contributed by atoms with van der Waals surface area (Å²) in [6, 6.07) is 5.48. The summed E-state index contributed by atoms with van der Waals surface area (Å²) in [7, 11) is 1.54. The van der Waals surface area contributed by atoms with Gasteiger partial charge in [-0.2, -0.15) is 0 Å². The van der Waals surface area contributed by atoms with Crippen molar-refractivity contribution in [1.82, 2.24) is 10.2 Å². The highest BCUT2D eigenvalue weighted by molar-refractivity contribution is 5.85. The molecule has 0 radical (unpaired) electrons. The summed E-state index contributed by atoms with van der Waals surface area (Å²) in [5, 5.41) is 3.36. The topological polar surface area (TPSA) is 24.5 Å². The Kier molecular flexibility index (Phi) is 7.27. The number of methoxy groups -OCH3 is 1. The minimum absolute atomic E-state index is 0. The molecule has 1 N–H and O–H groups in total. The lowest BCUT2D eigenvalue weighted by atomic mass is 9.98. The number of nitrogens with zero attached hydrogens (tertiary/aromatic N) is 1. The number of para-hydroxylation sites is 1. The van der Waals surface area contributed by atoms with Gasteiger partial charge in [-0.25, -0.2) is 4.39 Å². The molecular formula is C15H24ClFN2O. The quantitative estimate of drug-likeness (QED) is 0.905. The summed E-state index contributed by atoms with van der Waals surface area (Å²) < 4.78 is 19.1. The van der Waals surface area contributed by atoms with Crippen molar-refractivity contribution in [2.75, 3.05) is 33.3 Å². The fourth-order valence-electron chi connectivity index (χ4n) is 2.81. The molecule has 3 nitrogen and oxygen atoms in total. The predicted molar refractivity (Wildman–Crippen MR) is 82.3 cm³/mol. The molecule has 0 unspecified atom stereocenters. The highest BCUT2D eigenvalue weighted by atomic mass is 35.5. The van der Waals surface area contributed by atoms with Crippen molar-refractivity contribution in [2.45, 2.75) is 25.8 Å². The first kappa shape index (κ1) is 17.2. The van der Waals surface area contributed by atoms with E-state index < -0.39 is 0 Å². The van der Waals surface area contributed by atoms with Crippen LogP contribution in [0, 0.1) is 5.82 Å². The van der Waals surface area contributed by atoms with E-state index in [1.54, 1.807) is 13.2 Å². The van der Waals surface area contributed by atoms with Gasteiger partial charge in [-0.3, -0.25) is 4.90 Å². The van der Waals surface area contributed by atoms with E-state index in [0.29, 0.717) is 5.75 Å². The van der Waals surface area contributed by atoms with Gasteiger partial charge in [0.05, 0.1) is 7.11 Å². The van der Waals surface area contributed by atoms with Gasteiger partial charge in [-0.15, -0.1) is 12.4 Å². The van der Waals surface area contributed by atoms with E-state index in [-0.39, 0.29) is 24.3 Å². The fraction of sp³-hybridized carbons (Fsp3) is 0.600. The molecule has 2 rings (SSSR count). The molecule has 1 saturated heterocycles. The van der Waals surface area contributed by atoms with Crippen LogP contribution in [0.25, 0.3) is 0 Å². The van der Waals surface area contributed by atoms with Crippen LogP contribution in [0.2, 0.25) is 0 Å². The van der Waals surface area contributed by atoms with Crippen molar-refractivity contribution in [3.8, 4) is 5.75 Å². The highest BCUT2D eigenvalue weighted by Crippen LogP contribution is 2.34. The van der Waals surface area contributed by atoms with Crippen LogP contribution in [-0.2, 0) is 0 Å². The van der Waals surface area contributed by atoms with Gasteiger partial charge in [-0.05, 0) is 12.5 Å². The molecule has 0 saturated carbocycles. The molecular weight excluding hydrogens is 279 g/mol. The Bertz CT molecular complexity index is 411. The Morgan fingerprint density at radius 1 is 1.35 bits per heavy atom. The summed E-state index contributed by atoms with van der Waals surface area (Å²) in [5.74, 6) is 0.135. The van der Waals surface area contributed by atoms with Crippen molar-refractivity contribution >= 4 is 12.4 Å². The maximum absolute atomic E-state index is 13.9. The second-order valence-electron chi connectivity index (χ2n) is 4.95. The van der Waals surface area contributed by atoms with E-state index in [2.05, 4.69) is 17.1 Å². The van der Waals surface area contributed by atoms with Crippen molar-refractivity contribution in [1.29, 1.82) is 0 Å². The monoisotopic (exact) mass is 302 g/mol. The zero-order valence-electron chi connectivity index (χ0n) is 12.2. The molecule has 1 aromatic carbocycles. The minimum atomic E-state index is -0.267. The Morgan fingerprint density at radius 2 is 2.05 bits per heavy atom. The number of hydrogen-bond acceptors (Lipinski definition) is 3. The van der Waals surface area contributed by atoms with E-state index >= 15 is 0 Å². The van der Waals surface area contributed by atoms with Crippen molar-refractivity contribution in [3.05, 3.63) is 29.6 Å². The highest BCUT2D eigenvalue weighted by Gasteiger charge is 2.25. The first-order valence-electron chi connectivity index (χ1n) is 7.05. The molecule has 0 aliphatic carbocycles. The smallest absolute Gasteiger partial charge is 0.165 e. The molecule has 1 aliphatic heterocycles. The standard InChI is InChI=1S/C15H23FN2O.ClH/c1-3-5-14(18-10-8-17-9-11-18)12-6-4-7-13(16)15(12)19-2;/h4,6-7,14,17H,3,5,8-11H2,1-2H3;1H/t14-;/m1./s1. The Hall–Kier alpha value is -0.840. The Morgan fingerprint density at radius 3 is 2.65 bits per heavy atom. The second-order valence-corrected chi connectivity index (χ2v) is 4.95. The zero-order valence-corrected chi connectivity index (χ0v) is 13.0. The average molecular weight is 303 g/mol. The van der Waals surface area contributed by atoms with Crippen LogP contribution in [0.5, 0.6) is 5.75 Å². The van der Waals surface area contributed by atoms with Crippen LogP contribution >= 0.6 is 12.4 Å². The predicted octanol–water partition coefficient (Wildman–Crippen LogP) is 3.00. The van der Waals surface area contributed by atoms with E-state index in [1.807, 2.05) is 6.07 Å². The van der Waals surface area contributed by atoms with Crippen LogP contribution in [0.1, 0.15) is 31.4 Å². The van der Waals surface area contributed by atoms with E-state index in [1.165, 1.54) is 6.07 Å². The van der Waals surface area contributed by atoms with E-state index in [4.69, 9.17) is 4.74 Å². The number of piperazine rings is 1. The SMILES string of the molecule is CCC[C@H](c1cccc(F)c1OC)N1CCNCC1.Cl. The summed E-state index contributed by atoms with van der Waals surface area (Å²) in [6.45, 7) is 6.17. The van der Waals surface area contributed by atoms with Gasteiger partial charge in [-0.1, -0.05) is 25.5 Å². The molecule has 1 aliphatic rings. The number of benzene rings is 1. The number of ether oxygens (including phenoxy) is 1. The lowest BCUT2D eigenvalue weighted by molar-refractivity contribution is 0.161. The largest absolute Gasteiger partial charge is 0.493 e. The molecule has 1 atom stereocenters. The molecule has 0 amide bonds.